The summed E-state index contributed by atoms with van der Waals surface area (Å²) in [7, 11) is 0. The van der Waals surface area contributed by atoms with Crippen LogP contribution >= 0.6 is 0 Å². The van der Waals surface area contributed by atoms with Crippen molar-refractivity contribution in [2.24, 2.45) is 0 Å². The average Bonchev–Trinajstić information content (AvgIpc) is 3.15. The van der Waals surface area contributed by atoms with Crippen LogP contribution in [-0.4, -0.2) is 29.1 Å². The van der Waals surface area contributed by atoms with E-state index < -0.39 is 0 Å². The minimum Gasteiger partial charge on any atom is -0.370 e. The number of hydrogen-bond donors (Lipinski definition) is 1. The lowest BCUT2D eigenvalue weighted by atomic mass is 10.3. The summed E-state index contributed by atoms with van der Waals surface area (Å²) in [5, 5.41) is 11.9. The molecular weight excluding hydrogens is 214 g/mol. The van der Waals surface area contributed by atoms with Crippen LogP contribution in [0, 0.1) is 11.3 Å². The Morgan fingerprint density at radius 2 is 2.35 bits per heavy atom. The third-order valence-corrected chi connectivity index (χ3v) is 2.76. The summed E-state index contributed by atoms with van der Waals surface area (Å²) < 4.78 is 0. The van der Waals surface area contributed by atoms with E-state index in [1.165, 1.54) is 12.8 Å². The van der Waals surface area contributed by atoms with Crippen LogP contribution in [0.2, 0.25) is 0 Å². The van der Waals surface area contributed by atoms with Gasteiger partial charge in [0.15, 0.2) is 0 Å². The van der Waals surface area contributed by atoms with Crippen LogP contribution in [0.25, 0.3) is 0 Å². The third-order valence-electron chi connectivity index (χ3n) is 2.76. The Morgan fingerprint density at radius 3 is 3.00 bits per heavy atom. The van der Waals surface area contributed by atoms with Gasteiger partial charge in [-0.3, -0.25) is 0 Å². The molecule has 0 bridgehead atoms. The molecule has 5 nitrogen and oxygen atoms in total. The largest absolute Gasteiger partial charge is 0.370 e. The molecule has 0 radical (unpaired) electrons. The number of nitriles is 1. The van der Waals surface area contributed by atoms with E-state index in [1.54, 1.807) is 6.33 Å². The number of hydrogen-bond acceptors (Lipinski definition) is 5. The van der Waals surface area contributed by atoms with Crippen molar-refractivity contribution in [3.05, 3.63) is 12.4 Å². The predicted molar refractivity (Wildman–Crippen MR) is 66.8 cm³/mol. The molecule has 0 saturated heterocycles. The highest BCUT2D eigenvalue weighted by atomic mass is 15.2. The monoisotopic (exact) mass is 231 g/mol. The normalized spacial score (nSPS) is 14.1. The van der Waals surface area contributed by atoms with Crippen molar-refractivity contribution in [3.8, 4) is 6.07 Å². The zero-order valence-corrected chi connectivity index (χ0v) is 10.1. The molecule has 0 aromatic carbocycles. The smallest absolute Gasteiger partial charge is 0.134 e. The summed E-state index contributed by atoms with van der Waals surface area (Å²) in [6.07, 6.45) is 4.52. The van der Waals surface area contributed by atoms with Gasteiger partial charge in [0.1, 0.15) is 18.0 Å². The van der Waals surface area contributed by atoms with Gasteiger partial charge in [0, 0.05) is 25.2 Å². The Kier molecular flexibility index (Phi) is 3.76. The van der Waals surface area contributed by atoms with Gasteiger partial charge in [-0.05, 0) is 19.8 Å². The third kappa shape index (κ3) is 3.06. The maximum absolute atomic E-state index is 8.68. The van der Waals surface area contributed by atoms with Crippen molar-refractivity contribution in [2.45, 2.75) is 32.2 Å². The lowest BCUT2D eigenvalue weighted by Crippen LogP contribution is -2.27. The lowest BCUT2D eigenvalue weighted by Gasteiger charge is -2.22. The lowest BCUT2D eigenvalue weighted by molar-refractivity contribution is 0.775. The minimum atomic E-state index is 0.539. The van der Waals surface area contributed by atoms with Gasteiger partial charge in [-0.15, -0.1) is 0 Å². The van der Waals surface area contributed by atoms with Crippen molar-refractivity contribution in [1.82, 2.24) is 9.97 Å². The van der Waals surface area contributed by atoms with Gasteiger partial charge in [-0.1, -0.05) is 0 Å². The summed E-state index contributed by atoms with van der Waals surface area (Å²) in [5.74, 6) is 1.77. The van der Waals surface area contributed by atoms with E-state index in [0.29, 0.717) is 12.5 Å². The van der Waals surface area contributed by atoms with Crippen LogP contribution in [0.4, 0.5) is 11.6 Å². The Labute approximate surface area is 101 Å². The molecule has 0 atom stereocenters. The van der Waals surface area contributed by atoms with Crippen molar-refractivity contribution >= 4 is 11.6 Å². The number of aromatic nitrogens is 2. The standard InChI is InChI=1S/C12H17N5/c1-2-14-11-8-12(16-9-15-11)17(7-3-6-13)10-4-5-10/h8-10H,2-5,7H2,1H3,(H,14,15,16). The maximum Gasteiger partial charge on any atom is 0.134 e. The van der Waals surface area contributed by atoms with E-state index in [0.717, 1.165) is 24.7 Å². The molecule has 1 fully saturated rings. The van der Waals surface area contributed by atoms with Gasteiger partial charge in [0.25, 0.3) is 0 Å². The van der Waals surface area contributed by atoms with E-state index in [1.807, 2.05) is 13.0 Å². The average molecular weight is 231 g/mol. The predicted octanol–water partition coefficient (Wildman–Crippen LogP) is 1.79. The first kappa shape index (κ1) is 11.6. The maximum atomic E-state index is 8.68. The summed E-state index contributed by atoms with van der Waals surface area (Å²) in [5.41, 5.74) is 0. The molecule has 0 unspecified atom stereocenters. The number of anilines is 2. The molecule has 5 heteroatoms. The zero-order valence-electron chi connectivity index (χ0n) is 10.1. The van der Waals surface area contributed by atoms with Crippen molar-refractivity contribution in [2.75, 3.05) is 23.3 Å². The minimum absolute atomic E-state index is 0.539. The summed E-state index contributed by atoms with van der Waals surface area (Å²) in [6.45, 7) is 3.64. The quantitative estimate of drug-likeness (QED) is 0.808. The number of nitrogens with one attached hydrogen (secondary N) is 1. The molecule has 1 saturated carbocycles. The fraction of sp³-hybridized carbons (Fsp3) is 0.583. The second kappa shape index (κ2) is 5.48. The molecule has 17 heavy (non-hydrogen) atoms. The Bertz CT molecular complexity index is 408. The molecule has 0 amide bonds. The van der Waals surface area contributed by atoms with Gasteiger partial charge in [-0.25, -0.2) is 9.97 Å². The molecule has 1 aromatic heterocycles. The number of nitrogens with zero attached hydrogens (tertiary/aromatic N) is 4. The van der Waals surface area contributed by atoms with Crippen molar-refractivity contribution in [3.63, 3.8) is 0 Å². The molecule has 2 rings (SSSR count). The number of rotatable bonds is 6. The Balaban J connectivity index is 2.11. The summed E-state index contributed by atoms with van der Waals surface area (Å²) in [4.78, 5) is 10.7. The van der Waals surface area contributed by atoms with Gasteiger partial charge in [0.2, 0.25) is 0 Å². The van der Waals surface area contributed by atoms with Crippen molar-refractivity contribution < 1.29 is 0 Å². The molecule has 0 spiro atoms. The second-order valence-corrected chi connectivity index (χ2v) is 4.12. The highest BCUT2D eigenvalue weighted by molar-refractivity contribution is 5.50. The summed E-state index contributed by atoms with van der Waals surface area (Å²) in [6, 6.07) is 4.71. The van der Waals surface area contributed by atoms with E-state index >= 15 is 0 Å². The summed E-state index contributed by atoms with van der Waals surface area (Å²) >= 11 is 0. The Hall–Kier alpha value is -1.83. The topological polar surface area (TPSA) is 64.8 Å². The molecule has 0 aliphatic heterocycles. The van der Waals surface area contributed by atoms with E-state index in [9.17, 15) is 0 Å². The highest BCUT2D eigenvalue weighted by Crippen LogP contribution is 2.31. The molecule has 1 aliphatic carbocycles. The van der Waals surface area contributed by atoms with Crippen molar-refractivity contribution in [1.29, 1.82) is 5.26 Å². The molecule has 1 N–H and O–H groups in total. The first-order chi connectivity index (χ1) is 8.35. The van der Waals surface area contributed by atoms with Crippen LogP contribution in [0.5, 0.6) is 0 Å². The van der Waals surface area contributed by atoms with Crippen LogP contribution in [0.15, 0.2) is 12.4 Å². The molecular formula is C12H17N5. The van der Waals surface area contributed by atoms with E-state index in [4.69, 9.17) is 5.26 Å². The van der Waals surface area contributed by atoms with Gasteiger partial charge in [0.05, 0.1) is 12.5 Å². The first-order valence-corrected chi connectivity index (χ1v) is 6.04. The first-order valence-electron chi connectivity index (χ1n) is 6.04. The molecule has 90 valence electrons. The SMILES string of the molecule is CCNc1cc(N(CCC#N)C2CC2)ncn1. The van der Waals surface area contributed by atoms with E-state index in [2.05, 4.69) is 26.3 Å². The second-order valence-electron chi connectivity index (χ2n) is 4.12. The zero-order chi connectivity index (χ0) is 12.1. The van der Waals surface area contributed by atoms with Crippen LogP contribution in [0.3, 0.4) is 0 Å². The van der Waals surface area contributed by atoms with E-state index in [-0.39, 0.29) is 0 Å². The fourth-order valence-corrected chi connectivity index (χ4v) is 1.82. The van der Waals surface area contributed by atoms with Crippen LogP contribution < -0.4 is 10.2 Å². The van der Waals surface area contributed by atoms with Crippen LogP contribution in [-0.2, 0) is 0 Å². The molecule has 1 aromatic rings. The van der Waals surface area contributed by atoms with Gasteiger partial charge in [-0.2, -0.15) is 5.26 Å². The van der Waals surface area contributed by atoms with Gasteiger partial charge < -0.3 is 10.2 Å². The highest BCUT2D eigenvalue weighted by Gasteiger charge is 2.29. The van der Waals surface area contributed by atoms with Crippen LogP contribution in [0.1, 0.15) is 26.2 Å². The van der Waals surface area contributed by atoms with Gasteiger partial charge >= 0.3 is 0 Å². The molecule has 1 heterocycles. The fourth-order valence-electron chi connectivity index (χ4n) is 1.82. The Morgan fingerprint density at radius 1 is 1.53 bits per heavy atom. The molecule has 1 aliphatic rings.